The molecule has 2 aromatic rings. The van der Waals surface area contributed by atoms with Crippen LogP contribution in [0.15, 0.2) is 36.5 Å². The van der Waals surface area contributed by atoms with E-state index >= 15 is 0 Å². The molecule has 4 rings (SSSR count). The fourth-order valence-electron chi connectivity index (χ4n) is 5.19. The topological polar surface area (TPSA) is 94.6 Å². The number of benzene rings is 1. The van der Waals surface area contributed by atoms with E-state index in [1.165, 1.54) is 0 Å². The van der Waals surface area contributed by atoms with Gasteiger partial charge in [0.25, 0.3) is 11.8 Å². The molecule has 34 heavy (non-hydrogen) atoms. The molecule has 1 aromatic heterocycles. The zero-order valence-electron chi connectivity index (χ0n) is 20.7. The maximum atomic E-state index is 13.5. The van der Waals surface area contributed by atoms with Crippen molar-refractivity contribution in [3.05, 3.63) is 58.8 Å². The number of piperazine rings is 1. The van der Waals surface area contributed by atoms with E-state index in [0.29, 0.717) is 30.8 Å². The van der Waals surface area contributed by atoms with Crippen LogP contribution in [0.1, 0.15) is 54.7 Å². The Hall–Kier alpha value is -3.42. The van der Waals surface area contributed by atoms with Crippen molar-refractivity contribution in [2.75, 3.05) is 24.5 Å². The van der Waals surface area contributed by atoms with Crippen LogP contribution in [0.25, 0.3) is 0 Å². The van der Waals surface area contributed by atoms with Crippen molar-refractivity contribution in [2.24, 2.45) is 5.92 Å². The highest BCUT2D eigenvalue weighted by atomic mass is 16.2. The summed E-state index contributed by atoms with van der Waals surface area (Å²) in [6, 6.07) is 8.65. The number of nitrogens with one attached hydrogen (secondary N) is 2. The van der Waals surface area contributed by atoms with Gasteiger partial charge in [0, 0.05) is 31.4 Å². The van der Waals surface area contributed by atoms with E-state index in [9.17, 15) is 14.4 Å². The van der Waals surface area contributed by atoms with Gasteiger partial charge in [0.05, 0.1) is 5.54 Å². The first-order chi connectivity index (χ1) is 16.0. The van der Waals surface area contributed by atoms with Crippen LogP contribution >= 0.6 is 0 Å². The molecule has 2 saturated heterocycles. The largest absolute Gasteiger partial charge is 0.352 e. The lowest BCUT2D eigenvalue weighted by molar-refractivity contribution is -0.125. The van der Waals surface area contributed by atoms with Crippen LogP contribution in [-0.4, -0.2) is 52.9 Å². The average molecular weight is 464 g/mol. The minimum Gasteiger partial charge on any atom is -0.352 e. The number of hydrogen-bond donors (Lipinski definition) is 2. The van der Waals surface area contributed by atoms with Crippen LogP contribution in [0.2, 0.25) is 0 Å². The molecule has 2 aliphatic rings. The van der Waals surface area contributed by atoms with Crippen molar-refractivity contribution in [3.63, 3.8) is 0 Å². The van der Waals surface area contributed by atoms with Crippen molar-refractivity contribution in [1.82, 2.24) is 20.5 Å². The molecule has 3 heterocycles. The highest BCUT2D eigenvalue weighted by molar-refractivity contribution is 6.07. The zero-order chi connectivity index (χ0) is 24.8. The van der Waals surface area contributed by atoms with Crippen molar-refractivity contribution < 1.29 is 14.4 Å². The minimum absolute atomic E-state index is 0.0525. The Bertz CT molecular complexity index is 1140. The number of pyridine rings is 1. The molecule has 0 spiro atoms. The molecule has 1 aromatic carbocycles. The van der Waals surface area contributed by atoms with E-state index < -0.39 is 17.1 Å². The van der Waals surface area contributed by atoms with Crippen molar-refractivity contribution >= 4 is 23.7 Å². The lowest BCUT2D eigenvalue weighted by Crippen LogP contribution is -2.61. The molecule has 4 amide bonds. The van der Waals surface area contributed by atoms with Gasteiger partial charge in [-0.3, -0.25) is 14.9 Å². The number of aryl methyl sites for hydroxylation is 2. The summed E-state index contributed by atoms with van der Waals surface area (Å²) < 4.78 is 0. The van der Waals surface area contributed by atoms with Gasteiger partial charge in [-0.1, -0.05) is 32.0 Å². The maximum Gasteiger partial charge on any atom is 0.322 e. The molecule has 0 bridgehead atoms. The molecule has 8 nitrogen and oxygen atoms in total. The Morgan fingerprint density at radius 3 is 2.29 bits per heavy atom. The quantitative estimate of drug-likeness (QED) is 0.680. The van der Waals surface area contributed by atoms with E-state index in [1.54, 1.807) is 24.3 Å². The van der Waals surface area contributed by atoms with E-state index in [2.05, 4.69) is 47.4 Å². The lowest BCUT2D eigenvalue weighted by atomic mass is 9.79. The Labute approximate surface area is 200 Å². The third-order valence-electron chi connectivity index (χ3n) is 6.98. The Kier molecular flexibility index (Phi) is 5.87. The summed E-state index contributed by atoms with van der Waals surface area (Å²) in [5.74, 6) is 0.379. The van der Waals surface area contributed by atoms with Crippen LogP contribution in [0.5, 0.6) is 0 Å². The maximum absolute atomic E-state index is 13.5. The van der Waals surface area contributed by atoms with E-state index in [-0.39, 0.29) is 17.7 Å². The molecule has 1 atom stereocenters. The van der Waals surface area contributed by atoms with Crippen LogP contribution in [0, 0.1) is 19.8 Å². The van der Waals surface area contributed by atoms with Gasteiger partial charge in [0.15, 0.2) is 0 Å². The third-order valence-corrected chi connectivity index (χ3v) is 6.98. The number of aromatic nitrogens is 1. The minimum atomic E-state index is -1.14. The molecule has 2 fully saturated rings. The standard InChI is InChI=1S/C26H33N5O3/c1-16(2)26(23(33)28-24(34)29-26)20-9-7-19(8-10-20)22(32)31-12-11-30(15-25(31,5)6)21-18(4)13-17(3)14-27-21/h7-10,13-14,16H,11-12,15H2,1-6H3,(H2,28,29,33,34). The monoisotopic (exact) mass is 463 g/mol. The summed E-state index contributed by atoms with van der Waals surface area (Å²) in [5, 5.41) is 5.12. The molecule has 8 heteroatoms. The molecule has 2 aliphatic heterocycles. The van der Waals surface area contributed by atoms with Gasteiger partial charge in [-0.05, 0) is 62.4 Å². The predicted octanol–water partition coefficient (Wildman–Crippen LogP) is 3.13. The summed E-state index contributed by atoms with van der Waals surface area (Å²) in [4.78, 5) is 46.7. The summed E-state index contributed by atoms with van der Waals surface area (Å²) in [6.07, 6.45) is 1.88. The Morgan fingerprint density at radius 1 is 1.09 bits per heavy atom. The predicted molar refractivity (Wildman–Crippen MR) is 131 cm³/mol. The van der Waals surface area contributed by atoms with Crippen LogP contribution in [0.3, 0.4) is 0 Å². The number of carbonyl (C=O) groups excluding carboxylic acids is 3. The van der Waals surface area contributed by atoms with Gasteiger partial charge >= 0.3 is 6.03 Å². The van der Waals surface area contributed by atoms with Crippen LogP contribution in [0.4, 0.5) is 10.6 Å². The van der Waals surface area contributed by atoms with Crippen LogP contribution in [-0.2, 0) is 10.3 Å². The van der Waals surface area contributed by atoms with Gasteiger partial charge < -0.3 is 15.1 Å². The van der Waals surface area contributed by atoms with Gasteiger partial charge in [0.2, 0.25) is 0 Å². The third kappa shape index (κ3) is 3.91. The molecule has 0 aliphatic carbocycles. The van der Waals surface area contributed by atoms with Crippen molar-refractivity contribution in [1.29, 1.82) is 0 Å². The molecule has 180 valence electrons. The number of amides is 4. The second kappa shape index (κ2) is 8.42. The van der Waals surface area contributed by atoms with Crippen molar-refractivity contribution in [2.45, 2.75) is 52.6 Å². The molecule has 2 N–H and O–H groups in total. The molecular weight excluding hydrogens is 430 g/mol. The number of carbonyl (C=O) groups is 3. The summed E-state index contributed by atoms with van der Waals surface area (Å²) in [5.41, 5.74) is 1.94. The van der Waals surface area contributed by atoms with Gasteiger partial charge in [-0.25, -0.2) is 9.78 Å². The van der Waals surface area contributed by atoms with E-state index in [4.69, 9.17) is 0 Å². The van der Waals surface area contributed by atoms with Crippen molar-refractivity contribution in [3.8, 4) is 0 Å². The molecule has 0 saturated carbocycles. The fraction of sp³-hybridized carbons (Fsp3) is 0.462. The summed E-state index contributed by atoms with van der Waals surface area (Å²) in [7, 11) is 0. The number of hydrogen-bond acceptors (Lipinski definition) is 5. The summed E-state index contributed by atoms with van der Waals surface area (Å²) >= 11 is 0. The fourth-order valence-corrected chi connectivity index (χ4v) is 5.19. The number of imide groups is 1. The highest BCUT2D eigenvalue weighted by Gasteiger charge is 2.50. The number of anilines is 1. The first kappa shape index (κ1) is 23.7. The van der Waals surface area contributed by atoms with Gasteiger partial charge in [0.1, 0.15) is 11.4 Å². The number of urea groups is 1. The van der Waals surface area contributed by atoms with Gasteiger partial charge in [-0.2, -0.15) is 0 Å². The summed E-state index contributed by atoms with van der Waals surface area (Å²) in [6.45, 7) is 14.0. The molecule has 0 radical (unpaired) electrons. The normalized spacial score (nSPS) is 22.1. The van der Waals surface area contributed by atoms with Gasteiger partial charge in [-0.15, -0.1) is 0 Å². The highest BCUT2D eigenvalue weighted by Crippen LogP contribution is 2.34. The second-order valence-corrected chi connectivity index (χ2v) is 10.3. The molecule has 1 unspecified atom stereocenters. The molecular formula is C26H33N5O3. The SMILES string of the molecule is Cc1cnc(N2CCN(C(=O)c3ccc(C4(C(C)C)NC(=O)NC4=O)cc3)C(C)(C)C2)c(C)c1. The first-order valence-corrected chi connectivity index (χ1v) is 11.7. The lowest BCUT2D eigenvalue weighted by Gasteiger charge is -2.47. The average Bonchev–Trinajstić information content (AvgIpc) is 3.07. The Balaban J connectivity index is 1.54. The first-order valence-electron chi connectivity index (χ1n) is 11.7. The van der Waals surface area contributed by atoms with Crippen LogP contribution < -0.4 is 15.5 Å². The Morgan fingerprint density at radius 2 is 1.76 bits per heavy atom. The number of rotatable bonds is 4. The van der Waals surface area contributed by atoms with E-state index in [1.807, 2.05) is 31.9 Å². The number of nitrogens with zero attached hydrogens (tertiary/aromatic N) is 3. The zero-order valence-corrected chi connectivity index (χ0v) is 20.7. The second-order valence-electron chi connectivity index (χ2n) is 10.3. The smallest absolute Gasteiger partial charge is 0.322 e. The van der Waals surface area contributed by atoms with E-state index in [0.717, 1.165) is 16.9 Å².